The third-order valence-corrected chi connectivity index (χ3v) is 5.09. The van der Waals surface area contributed by atoms with Crippen molar-refractivity contribution in [3.05, 3.63) is 29.5 Å². The van der Waals surface area contributed by atoms with Crippen LogP contribution in [-0.2, 0) is 10.0 Å². The van der Waals surface area contributed by atoms with Crippen molar-refractivity contribution < 1.29 is 8.42 Å². The van der Waals surface area contributed by atoms with Gasteiger partial charge in [-0.1, -0.05) is 4.49 Å². The Morgan fingerprint density at radius 3 is 2.40 bits per heavy atom. The second-order valence-electron chi connectivity index (χ2n) is 4.36. The van der Waals surface area contributed by atoms with Crippen LogP contribution in [-0.4, -0.2) is 24.5 Å². The molecule has 1 aromatic carbocycles. The molecule has 108 valence electrons. The highest BCUT2D eigenvalue weighted by Gasteiger charge is 2.21. The van der Waals surface area contributed by atoms with Crippen molar-refractivity contribution in [2.45, 2.75) is 25.7 Å². The number of hydrogen-bond donors (Lipinski definition) is 2. The van der Waals surface area contributed by atoms with Crippen molar-refractivity contribution in [1.29, 1.82) is 0 Å². The van der Waals surface area contributed by atoms with E-state index in [1.165, 1.54) is 6.20 Å². The van der Waals surface area contributed by atoms with Gasteiger partial charge in [-0.05, 0) is 44.0 Å². The van der Waals surface area contributed by atoms with E-state index in [0.717, 1.165) is 23.8 Å². The molecule has 0 bridgehead atoms. The van der Waals surface area contributed by atoms with E-state index in [-0.39, 0.29) is 0 Å². The SMILES string of the molecule is CCNc1cc(C)c(S(=O)(=O)Nc2cnns2)c(C)c1. The second kappa shape index (κ2) is 5.76. The fourth-order valence-electron chi connectivity index (χ4n) is 2.08. The van der Waals surface area contributed by atoms with Crippen molar-refractivity contribution in [3.8, 4) is 0 Å². The normalized spacial score (nSPS) is 11.3. The van der Waals surface area contributed by atoms with E-state index in [1.54, 1.807) is 13.8 Å². The molecule has 2 N–H and O–H groups in total. The molecule has 0 radical (unpaired) electrons. The van der Waals surface area contributed by atoms with E-state index >= 15 is 0 Å². The van der Waals surface area contributed by atoms with Crippen LogP contribution < -0.4 is 10.0 Å². The van der Waals surface area contributed by atoms with Crippen LogP contribution >= 0.6 is 11.5 Å². The van der Waals surface area contributed by atoms with Gasteiger partial charge < -0.3 is 5.32 Å². The van der Waals surface area contributed by atoms with Gasteiger partial charge in [-0.3, -0.25) is 4.72 Å². The Morgan fingerprint density at radius 1 is 1.25 bits per heavy atom. The van der Waals surface area contributed by atoms with Crippen LogP contribution in [0.25, 0.3) is 0 Å². The summed E-state index contributed by atoms with van der Waals surface area (Å²) < 4.78 is 31.0. The summed E-state index contributed by atoms with van der Waals surface area (Å²) in [5.74, 6) is 0. The summed E-state index contributed by atoms with van der Waals surface area (Å²) in [6.07, 6.45) is 1.39. The number of benzene rings is 1. The van der Waals surface area contributed by atoms with Gasteiger partial charge in [0.1, 0.15) is 5.00 Å². The van der Waals surface area contributed by atoms with E-state index in [2.05, 4.69) is 19.6 Å². The van der Waals surface area contributed by atoms with Gasteiger partial charge in [0.15, 0.2) is 0 Å². The minimum Gasteiger partial charge on any atom is -0.385 e. The minimum absolute atomic E-state index is 0.299. The molecule has 0 aliphatic carbocycles. The van der Waals surface area contributed by atoms with Crippen LogP contribution in [0, 0.1) is 13.8 Å². The summed E-state index contributed by atoms with van der Waals surface area (Å²) in [7, 11) is -3.62. The van der Waals surface area contributed by atoms with E-state index in [0.29, 0.717) is 21.0 Å². The fourth-order valence-corrected chi connectivity index (χ4v) is 4.22. The quantitative estimate of drug-likeness (QED) is 0.885. The Kier molecular flexibility index (Phi) is 4.24. The van der Waals surface area contributed by atoms with Gasteiger partial charge >= 0.3 is 0 Å². The van der Waals surface area contributed by atoms with Gasteiger partial charge in [0.25, 0.3) is 10.0 Å². The van der Waals surface area contributed by atoms with Crippen LogP contribution in [0.15, 0.2) is 23.2 Å². The molecule has 0 fully saturated rings. The fraction of sp³-hybridized carbons (Fsp3) is 0.333. The summed E-state index contributed by atoms with van der Waals surface area (Å²) in [5, 5.41) is 7.20. The number of hydrogen-bond acceptors (Lipinski definition) is 6. The van der Waals surface area contributed by atoms with E-state index in [9.17, 15) is 8.42 Å². The maximum atomic E-state index is 12.4. The molecule has 0 aliphatic rings. The highest BCUT2D eigenvalue weighted by atomic mass is 32.2. The maximum Gasteiger partial charge on any atom is 0.263 e. The number of nitrogens with zero attached hydrogens (tertiary/aromatic N) is 2. The highest BCUT2D eigenvalue weighted by molar-refractivity contribution is 7.93. The Balaban J connectivity index is 2.41. The second-order valence-corrected chi connectivity index (χ2v) is 6.76. The monoisotopic (exact) mass is 312 g/mol. The first-order chi connectivity index (χ1) is 9.44. The van der Waals surface area contributed by atoms with Crippen molar-refractivity contribution in [3.63, 3.8) is 0 Å². The summed E-state index contributed by atoms with van der Waals surface area (Å²) in [6.45, 7) is 6.35. The zero-order valence-corrected chi connectivity index (χ0v) is 13.1. The van der Waals surface area contributed by atoms with E-state index in [4.69, 9.17) is 0 Å². The van der Waals surface area contributed by atoms with Gasteiger partial charge in [-0.2, -0.15) is 0 Å². The van der Waals surface area contributed by atoms with Crippen LogP contribution in [0.2, 0.25) is 0 Å². The van der Waals surface area contributed by atoms with Gasteiger partial charge in [0.2, 0.25) is 0 Å². The number of anilines is 2. The molecule has 0 spiro atoms. The molecular formula is C12H16N4O2S2. The molecule has 0 unspecified atom stereocenters. The average Bonchev–Trinajstić information content (AvgIpc) is 2.79. The lowest BCUT2D eigenvalue weighted by molar-refractivity contribution is 0.600. The largest absolute Gasteiger partial charge is 0.385 e. The van der Waals surface area contributed by atoms with E-state index in [1.807, 2.05) is 19.1 Å². The maximum absolute atomic E-state index is 12.4. The summed E-state index contributed by atoms with van der Waals surface area (Å²) in [4.78, 5) is 0.299. The molecule has 2 aromatic rings. The molecular weight excluding hydrogens is 296 g/mol. The number of aryl methyl sites for hydroxylation is 2. The summed E-state index contributed by atoms with van der Waals surface area (Å²) in [5.41, 5.74) is 2.32. The number of sulfonamides is 1. The molecule has 2 rings (SSSR count). The molecule has 0 saturated heterocycles. The number of rotatable bonds is 5. The summed E-state index contributed by atoms with van der Waals surface area (Å²) in [6, 6.07) is 3.66. The predicted molar refractivity (Wildman–Crippen MR) is 80.8 cm³/mol. The van der Waals surface area contributed by atoms with Crippen LogP contribution in [0.3, 0.4) is 0 Å². The number of nitrogens with one attached hydrogen (secondary N) is 2. The standard InChI is InChI=1S/C12H16N4O2S2/c1-4-13-10-5-8(2)12(9(3)6-10)20(17,18)15-11-7-14-16-19-11/h5-7,13,15H,4H2,1-3H3. The van der Waals surface area contributed by atoms with E-state index < -0.39 is 10.0 Å². The molecule has 0 amide bonds. The average molecular weight is 312 g/mol. The predicted octanol–water partition coefficient (Wildman–Crippen LogP) is 2.39. The third kappa shape index (κ3) is 3.07. The van der Waals surface area contributed by atoms with Crippen LogP contribution in [0.1, 0.15) is 18.1 Å². The van der Waals surface area contributed by atoms with Crippen LogP contribution in [0.4, 0.5) is 10.7 Å². The zero-order valence-electron chi connectivity index (χ0n) is 11.5. The van der Waals surface area contributed by atoms with Crippen molar-refractivity contribution >= 4 is 32.2 Å². The van der Waals surface area contributed by atoms with Gasteiger partial charge in [-0.15, -0.1) is 5.10 Å². The lowest BCUT2D eigenvalue weighted by Gasteiger charge is -2.14. The lowest BCUT2D eigenvalue weighted by atomic mass is 10.1. The minimum atomic E-state index is -3.62. The first-order valence-corrected chi connectivity index (χ1v) is 8.35. The van der Waals surface area contributed by atoms with Gasteiger partial charge in [0.05, 0.1) is 11.1 Å². The molecule has 1 heterocycles. The van der Waals surface area contributed by atoms with Crippen LogP contribution in [0.5, 0.6) is 0 Å². The molecule has 1 aromatic heterocycles. The zero-order chi connectivity index (χ0) is 14.8. The molecule has 20 heavy (non-hydrogen) atoms. The Hall–Kier alpha value is -1.67. The highest BCUT2D eigenvalue weighted by Crippen LogP contribution is 2.26. The molecule has 0 aliphatic heterocycles. The van der Waals surface area contributed by atoms with Crippen molar-refractivity contribution in [2.24, 2.45) is 0 Å². The van der Waals surface area contributed by atoms with Gasteiger partial charge in [0, 0.05) is 23.8 Å². The lowest BCUT2D eigenvalue weighted by Crippen LogP contribution is -2.15. The first kappa shape index (κ1) is 14.7. The van der Waals surface area contributed by atoms with Crippen molar-refractivity contribution in [1.82, 2.24) is 9.59 Å². The Morgan fingerprint density at radius 2 is 1.90 bits per heavy atom. The third-order valence-electron chi connectivity index (χ3n) is 2.71. The first-order valence-electron chi connectivity index (χ1n) is 6.09. The van der Waals surface area contributed by atoms with Gasteiger partial charge in [-0.25, -0.2) is 8.42 Å². The number of aromatic nitrogens is 2. The molecule has 0 saturated carbocycles. The summed E-state index contributed by atoms with van der Waals surface area (Å²) >= 11 is 1.00. The van der Waals surface area contributed by atoms with Crippen molar-refractivity contribution in [2.75, 3.05) is 16.6 Å². The smallest absolute Gasteiger partial charge is 0.263 e. The Labute approximate surface area is 122 Å². The molecule has 6 nitrogen and oxygen atoms in total. The Bertz CT molecular complexity index is 673. The molecule has 8 heteroatoms. The topological polar surface area (TPSA) is 84.0 Å². The molecule has 0 atom stereocenters.